The van der Waals surface area contributed by atoms with Gasteiger partial charge >= 0.3 is 0 Å². The number of rotatable bonds is 17. The number of carbonyl (C=O) groups excluding carboxylic acids is 7. The van der Waals surface area contributed by atoms with Gasteiger partial charge in [0.15, 0.2) is 0 Å². The second kappa shape index (κ2) is 28.1. The molecule has 0 spiro atoms. The zero-order valence-corrected chi connectivity index (χ0v) is 41.3. The maximum atomic E-state index is 14.7. The molecule has 10 atom stereocenters. The smallest absolute Gasteiger partial charge is 0.245 e. The lowest BCUT2D eigenvalue weighted by atomic mass is 10.0. The molecule has 15 N–H and O–H groups in total. The fraction of sp³-hybridized carbons (Fsp3) is 0.449. The van der Waals surface area contributed by atoms with Crippen molar-refractivity contribution in [1.82, 2.24) is 42.2 Å². The van der Waals surface area contributed by atoms with Crippen molar-refractivity contribution in [2.24, 2.45) is 11.5 Å². The second-order valence-corrected chi connectivity index (χ2v) is 20.0. The number of aromatic amines is 1. The highest BCUT2D eigenvalue weighted by molar-refractivity contribution is 8.76. The lowest BCUT2D eigenvalue weighted by Gasteiger charge is -2.29. The zero-order chi connectivity index (χ0) is 51.5. The van der Waals surface area contributed by atoms with Crippen molar-refractivity contribution in [1.29, 1.82) is 0 Å². The average Bonchev–Trinajstić information content (AvgIpc) is 3.76. The van der Waals surface area contributed by atoms with Gasteiger partial charge in [-0.15, -0.1) is 0 Å². The minimum atomic E-state index is -1.66. The van der Waals surface area contributed by atoms with E-state index in [1.54, 1.807) is 60.8 Å². The molecule has 0 aliphatic carbocycles. The van der Waals surface area contributed by atoms with E-state index in [2.05, 4.69) is 42.2 Å². The van der Waals surface area contributed by atoms with Gasteiger partial charge in [-0.05, 0) is 68.8 Å². The van der Waals surface area contributed by atoms with E-state index in [1.807, 2.05) is 30.3 Å². The maximum Gasteiger partial charge on any atom is 0.245 e. The number of benzene rings is 3. The lowest BCUT2D eigenvalue weighted by molar-refractivity contribution is -0.136. The third-order valence-corrected chi connectivity index (χ3v) is 14.3. The Bertz CT molecular complexity index is 2400. The third-order valence-electron chi connectivity index (χ3n) is 11.9. The number of hydrogen-bond acceptors (Lipinski definition) is 14. The van der Waals surface area contributed by atoms with Crippen molar-refractivity contribution in [3.63, 3.8) is 0 Å². The van der Waals surface area contributed by atoms with Crippen LogP contribution in [0, 0.1) is 0 Å². The summed E-state index contributed by atoms with van der Waals surface area (Å²) in [6.45, 7) is 2.23. The van der Waals surface area contributed by atoms with Crippen LogP contribution < -0.4 is 48.7 Å². The highest BCUT2D eigenvalue weighted by atomic mass is 33.1. The number of para-hydroxylation sites is 1. The number of unbranched alkanes of at least 4 members (excludes halogenated alkanes) is 1. The van der Waals surface area contributed by atoms with Gasteiger partial charge < -0.3 is 69.0 Å². The van der Waals surface area contributed by atoms with E-state index in [4.69, 9.17) is 11.5 Å². The van der Waals surface area contributed by atoms with Gasteiger partial charge in [-0.3, -0.25) is 33.6 Å². The molecule has 7 amide bonds. The molecule has 0 unspecified atom stereocenters. The first-order chi connectivity index (χ1) is 34.1. The summed E-state index contributed by atoms with van der Waals surface area (Å²) in [7, 11) is 2.06. The molecule has 5 rings (SSSR count). The Morgan fingerprint density at radius 2 is 1.31 bits per heavy atom. The summed E-state index contributed by atoms with van der Waals surface area (Å²) >= 11 is 0. The lowest BCUT2D eigenvalue weighted by Crippen LogP contribution is -2.62. The number of nitrogens with two attached hydrogens (primary N) is 2. The third kappa shape index (κ3) is 17.1. The maximum absolute atomic E-state index is 14.7. The van der Waals surface area contributed by atoms with Gasteiger partial charge in [0.2, 0.25) is 41.4 Å². The van der Waals surface area contributed by atoms with Crippen LogP contribution in [0.15, 0.2) is 91.1 Å². The Hall–Kier alpha value is -6.01. The van der Waals surface area contributed by atoms with Gasteiger partial charge in [0.25, 0.3) is 0 Å². The number of aliphatic hydroxyl groups is 3. The van der Waals surface area contributed by atoms with E-state index in [0.717, 1.165) is 38.1 Å². The number of fused-ring (bicyclic) bond motifs is 1. The van der Waals surface area contributed by atoms with Crippen LogP contribution in [0.1, 0.15) is 49.8 Å². The Balaban J connectivity index is 1.56. The van der Waals surface area contributed by atoms with E-state index < -0.39 is 108 Å². The number of H-pyrrole nitrogens is 1. The first-order valence-corrected chi connectivity index (χ1v) is 26.0. The standard InChI is InChI=1S/C49H66N10O10S2/c1-28(61)39(25-60)56-48(68)41-27-71-70-26-40(57-43(63)34(51)21-30-13-5-3-6-14-30)47(67)54-37(22-31-15-7-4-8-16-31)45(65)55-38(23-32-24-52-35-18-10-9-17-33(32)35)46(66)53-36(19-11-12-20-50)44(64)59-42(29(2)62)49(69)58-41/h3-10,13-18,24,28-29,34,36-42,52,60-62H,11-12,19-23,25-27,50-51H2,1-2H3,(H,53,66)(H,54,67)(H,55,65)(H,56,68)(H,57,63)(H,58,69)(H,59,64)/t28-,29-,34+,36+,37+,38+,39+,40+,41+,42+/m1/s1. The quantitative estimate of drug-likeness (QED) is 0.0455. The molecule has 1 aliphatic heterocycles. The molecule has 2 heterocycles. The molecule has 1 fully saturated rings. The molecule has 1 aliphatic rings. The molecule has 384 valence electrons. The van der Waals surface area contributed by atoms with Crippen molar-refractivity contribution in [2.45, 2.75) is 113 Å². The predicted molar refractivity (Wildman–Crippen MR) is 272 cm³/mol. The molecule has 0 bridgehead atoms. The minimum absolute atomic E-state index is 0.0340. The zero-order valence-electron chi connectivity index (χ0n) is 39.7. The van der Waals surface area contributed by atoms with E-state index in [0.29, 0.717) is 24.0 Å². The van der Waals surface area contributed by atoms with Crippen molar-refractivity contribution < 1.29 is 48.9 Å². The normalized spacial score (nSPS) is 22.8. The van der Waals surface area contributed by atoms with Gasteiger partial charge in [0, 0.05) is 41.4 Å². The second-order valence-electron chi connectivity index (χ2n) is 17.5. The van der Waals surface area contributed by atoms with Crippen LogP contribution >= 0.6 is 21.6 Å². The first-order valence-electron chi connectivity index (χ1n) is 23.5. The Labute approximate surface area is 420 Å². The van der Waals surface area contributed by atoms with E-state index in [-0.39, 0.29) is 43.7 Å². The van der Waals surface area contributed by atoms with Gasteiger partial charge in [-0.1, -0.05) is 100 Å². The Morgan fingerprint density at radius 1 is 0.718 bits per heavy atom. The molecule has 71 heavy (non-hydrogen) atoms. The van der Waals surface area contributed by atoms with Crippen LogP contribution in [-0.4, -0.2) is 147 Å². The number of nitrogens with one attached hydrogen (secondary N) is 8. The fourth-order valence-corrected chi connectivity index (χ4v) is 10.1. The molecular weight excluding hydrogens is 953 g/mol. The van der Waals surface area contributed by atoms with Crippen molar-refractivity contribution in [2.75, 3.05) is 24.7 Å². The van der Waals surface area contributed by atoms with Gasteiger partial charge in [-0.2, -0.15) is 0 Å². The molecular formula is C49H66N10O10S2. The van der Waals surface area contributed by atoms with Crippen LogP contribution in [0.4, 0.5) is 0 Å². The molecule has 20 nitrogen and oxygen atoms in total. The molecule has 3 aromatic carbocycles. The number of aliphatic hydroxyl groups excluding tert-OH is 3. The largest absolute Gasteiger partial charge is 0.394 e. The molecule has 0 saturated carbocycles. The van der Waals surface area contributed by atoms with Crippen LogP contribution in [-0.2, 0) is 52.8 Å². The molecule has 4 aromatic rings. The van der Waals surface area contributed by atoms with Crippen LogP contribution in [0.2, 0.25) is 0 Å². The molecule has 1 saturated heterocycles. The summed E-state index contributed by atoms with van der Waals surface area (Å²) in [5.74, 6) is -6.01. The van der Waals surface area contributed by atoms with Gasteiger partial charge in [-0.25, -0.2) is 0 Å². The SMILES string of the molecule is C[C@@H](O)[C@H](CO)NC(=O)[C@@H]1CSSC[C@H](NC(=O)[C@@H](N)Cc2ccccc2)C(=O)N[C@@H](Cc2ccccc2)C(=O)N[C@@H](Cc2c[nH]c3ccccc23)C(=O)N[C@@H](CCCCN)C(=O)N[C@@H]([C@@H](C)O)C(=O)N1. The highest BCUT2D eigenvalue weighted by Crippen LogP contribution is 2.24. The van der Waals surface area contributed by atoms with E-state index in [9.17, 15) is 48.9 Å². The van der Waals surface area contributed by atoms with Crippen LogP contribution in [0.3, 0.4) is 0 Å². The number of carbonyl (C=O) groups is 7. The minimum Gasteiger partial charge on any atom is -0.394 e. The van der Waals surface area contributed by atoms with Crippen LogP contribution in [0.25, 0.3) is 10.9 Å². The number of amides is 7. The summed E-state index contributed by atoms with van der Waals surface area (Å²) in [5.41, 5.74) is 15.0. The summed E-state index contributed by atoms with van der Waals surface area (Å²) in [4.78, 5) is 103. The Kier molecular flexibility index (Phi) is 22.2. The van der Waals surface area contributed by atoms with Crippen molar-refractivity contribution in [3.8, 4) is 0 Å². The summed E-state index contributed by atoms with van der Waals surface area (Å²) in [6.07, 6.45) is -0.156. The summed E-state index contributed by atoms with van der Waals surface area (Å²) in [5, 5.41) is 50.5. The van der Waals surface area contributed by atoms with Crippen molar-refractivity contribution >= 4 is 73.8 Å². The Morgan fingerprint density at radius 3 is 1.96 bits per heavy atom. The first kappa shape index (κ1) is 55.9. The molecule has 0 radical (unpaired) electrons. The molecule has 22 heteroatoms. The molecule has 1 aromatic heterocycles. The number of aromatic nitrogens is 1. The van der Waals surface area contributed by atoms with Crippen LogP contribution in [0.5, 0.6) is 0 Å². The summed E-state index contributed by atoms with van der Waals surface area (Å²) in [6, 6.07) is 14.6. The number of hydrogen-bond donors (Lipinski definition) is 13. The van der Waals surface area contributed by atoms with E-state index in [1.165, 1.54) is 13.8 Å². The van der Waals surface area contributed by atoms with Gasteiger partial charge in [0.1, 0.15) is 36.3 Å². The highest BCUT2D eigenvalue weighted by Gasteiger charge is 2.36. The van der Waals surface area contributed by atoms with Crippen molar-refractivity contribution in [3.05, 3.63) is 108 Å². The topological polar surface area (TPSA) is 332 Å². The van der Waals surface area contributed by atoms with E-state index >= 15 is 0 Å². The fourth-order valence-electron chi connectivity index (χ4n) is 7.73. The van der Waals surface area contributed by atoms with Gasteiger partial charge in [0.05, 0.1) is 30.9 Å². The summed E-state index contributed by atoms with van der Waals surface area (Å²) < 4.78 is 0. The average molecular weight is 1020 g/mol. The monoisotopic (exact) mass is 1020 g/mol. The predicted octanol–water partition coefficient (Wildman–Crippen LogP) is -0.805.